The highest BCUT2D eigenvalue weighted by molar-refractivity contribution is 6.10. The van der Waals surface area contributed by atoms with Gasteiger partial charge in [0.25, 0.3) is 0 Å². The zero-order chi connectivity index (χ0) is 33.0. The summed E-state index contributed by atoms with van der Waals surface area (Å²) in [6, 6.07) is 60.0. The van der Waals surface area contributed by atoms with Crippen LogP contribution in [0, 0.1) is 0 Å². The molecule has 0 spiro atoms. The summed E-state index contributed by atoms with van der Waals surface area (Å²) >= 11 is 0. The Morgan fingerprint density at radius 3 is 1.96 bits per heavy atom. The Morgan fingerprint density at radius 2 is 1.14 bits per heavy atom. The van der Waals surface area contributed by atoms with Gasteiger partial charge in [0.1, 0.15) is 0 Å². The normalized spacial score (nSPS) is 13.4. The lowest BCUT2D eigenvalue weighted by Crippen LogP contribution is -2.06. The first-order valence-corrected chi connectivity index (χ1v) is 17.0. The van der Waals surface area contributed by atoms with Crippen LogP contribution in [0.1, 0.15) is 22.7 Å². The fourth-order valence-corrected chi connectivity index (χ4v) is 7.65. The predicted octanol–water partition coefficient (Wildman–Crippen LogP) is 11.1. The fourth-order valence-electron chi connectivity index (χ4n) is 7.65. The fraction of sp³-hybridized carbons (Fsp3) is 0.0217. The van der Waals surface area contributed by atoms with Gasteiger partial charge >= 0.3 is 0 Å². The van der Waals surface area contributed by atoms with Gasteiger partial charge in [-0.2, -0.15) is 0 Å². The number of nitrogens with zero attached hydrogens (tertiary/aromatic N) is 4. The van der Waals surface area contributed by atoms with Crippen molar-refractivity contribution in [2.24, 2.45) is 0 Å². The second-order valence-corrected chi connectivity index (χ2v) is 12.8. The molecule has 1 aliphatic carbocycles. The second kappa shape index (κ2) is 11.5. The van der Waals surface area contributed by atoms with E-state index in [1.807, 2.05) is 36.5 Å². The van der Waals surface area contributed by atoms with Crippen molar-refractivity contribution in [3.05, 3.63) is 193 Å². The Bertz CT molecular complexity index is 2640. The summed E-state index contributed by atoms with van der Waals surface area (Å²) in [6.45, 7) is 0. The van der Waals surface area contributed by atoms with E-state index < -0.39 is 0 Å². The van der Waals surface area contributed by atoms with Crippen LogP contribution in [0.15, 0.2) is 176 Å². The van der Waals surface area contributed by atoms with Crippen molar-refractivity contribution in [2.45, 2.75) is 5.92 Å². The molecule has 0 N–H and O–H groups in total. The summed E-state index contributed by atoms with van der Waals surface area (Å²) in [4.78, 5) is 15.3. The Labute approximate surface area is 290 Å². The summed E-state index contributed by atoms with van der Waals surface area (Å²) < 4.78 is 2.38. The smallest absolute Gasteiger partial charge is 0.160 e. The minimum absolute atomic E-state index is 0.0962. The van der Waals surface area contributed by atoms with Crippen LogP contribution in [0.25, 0.3) is 72.5 Å². The van der Waals surface area contributed by atoms with Gasteiger partial charge in [-0.1, -0.05) is 127 Å². The molecule has 4 nitrogen and oxygen atoms in total. The lowest BCUT2D eigenvalue weighted by molar-refractivity contribution is 0.929. The van der Waals surface area contributed by atoms with Gasteiger partial charge in [-0.05, 0) is 64.7 Å². The number of pyridine rings is 1. The maximum absolute atomic E-state index is 5.28. The van der Waals surface area contributed by atoms with Crippen LogP contribution in [0.3, 0.4) is 0 Å². The third-order valence-corrected chi connectivity index (χ3v) is 9.93. The highest BCUT2D eigenvalue weighted by Gasteiger charge is 2.33. The van der Waals surface area contributed by atoms with Gasteiger partial charge in [0.05, 0.1) is 34.0 Å². The highest BCUT2D eigenvalue weighted by Crippen LogP contribution is 2.48. The molecule has 6 aromatic carbocycles. The SMILES string of the molecule is c1ccc(-c2cc(C3c4cc(-c5ccc6c7ccccc7n(-c7ccccc7)c6c5)ccc4-c4ncccc43)nc(-c3ccccc3)n2)cc1. The molecule has 3 aromatic heterocycles. The van der Waals surface area contributed by atoms with Gasteiger partial charge in [-0.3, -0.25) is 4.98 Å². The molecule has 0 saturated heterocycles. The summed E-state index contributed by atoms with van der Waals surface area (Å²) in [7, 11) is 0. The molecule has 1 aliphatic rings. The largest absolute Gasteiger partial charge is 0.309 e. The Kier molecular flexibility index (Phi) is 6.53. The Morgan fingerprint density at radius 1 is 0.460 bits per heavy atom. The van der Waals surface area contributed by atoms with E-state index in [1.165, 1.54) is 32.9 Å². The topological polar surface area (TPSA) is 43.6 Å². The van der Waals surface area contributed by atoms with Crippen LogP contribution in [-0.2, 0) is 0 Å². The van der Waals surface area contributed by atoms with Gasteiger partial charge < -0.3 is 4.57 Å². The number of para-hydroxylation sites is 2. The summed E-state index contributed by atoms with van der Waals surface area (Å²) in [5.74, 6) is 0.622. The number of fused-ring (bicyclic) bond motifs is 6. The molecule has 0 bridgehead atoms. The average molecular weight is 639 g/mol. The van der Waals surface area contributed by atoms with E-state index in [0.717, 1.165) is 56.4 Å². The molecule has 0 radical (unpaired) electrons. The first kappa shape index (κ1) is 28.4. The van der Waals surface area contributed by atoms with Crippen LogP contribution in [0.2, 0.25) is 0 Å². The van der Waals surface area contributed by atoms with Crippen LogP contribution < -0.4 is 0 Å². The van der Waals surface area contributed by atoms with E-state index in [1.54, 1.807) is 0 Å². The standard InChI is InChI=1S/C46H30N4/c1-4-13-30(14-5-1)40-29-41(49-46(48-40)31-15-6-2-7-16-31)44-38-20-12-26-47-45(38)37-25-23-32(27-39(37)44)33-22-24-36-35-19-10-11-21-42(35)50(43(36)28-33)34-17-8-3-9-18-34/h1-29,44H. The van der Waals surface area contributed by atoms with Crippen molar-refractivity contribution in [3.8, 4) is 50.7 Å². The zero-order valence-corrected chi connectivity index (χ0v) is 27.1. The first-order chi connectivity index (χ1) is 24.8. The molecular weight excluding hydrogens is 609 g/mol. The lowest BCUT2D eigenvalue weighted by Gasteiger charge is -2.17. The van der Waals surface area contributed by atoms with E-state index >= 15 is 0 Å². The molecule has 10 rings (SSSR count). The molecule has 234 valence electrons. The molecule has 3 heterocycles. The van der Waals surface area contributed by atoms with Crippen LogP contribution in [0.5, 0.6) is 0 Å². The number of rotatable bonds is 5. The lowest BCUT2D eigenvalue weighted by atomic mass is 9.90. The van der Waals surface area contributed by atoms with Crippen LogP contribution in [-0.4, -0.2) is 19.5 Å². The molecule has 0 saturated carbocycles. The zero-order valence-electron chi connectivity index (χ0n) is 27.1. The Hall–Kier alpha value is -6.65. The summed E-state index contributed by atoms with van der Waals surface area (Å²) in [5, 5.41) is 2.49. The van der Waals surface area contributed by atoms with Crippen LogP contribution in [0.4, 0.5) is 0 Å². The molecule has 9 aromatic rings. The van der Waals surface area contributed by atoms with Crippen molar-refractivity contribution < 1.29 is 0 Å². The minimum atomic E-state index is -0.0962. The first-order valence-electron chi connectivity index (χ1n) is 17.0. The number of hydrogen-bond acceptors (Lipinski definition) is 3. The summed E-state index contributed by atoms with van der Waals surface area (Å²) in [5.41, 5.74) is 14.3. The van der Waals surface area contributed by atoms with E-state index in [0.29, 0.717) is 0 Å². The quantitative estimate of drug-likeness (QED) is 0.188. The maximum Gasteiger partial charge on any atom is 0.160 e. The van der Waals surface area contributed by atoms with Crippen molar-refractivity contribution in [1.82, 2.24) is 19.5 Å². The molecule has 0 amide bonds. The van der Waals surface area contributed by atoms with Crippen LogP contribution >= 0.6 is 0 Å². The number of hydrogen-bond donors (Lipinski definition) is 0. The molecule has 1 atom stereocenters. The van der Waals surface area contributed by atoms with E-state index in [-0.39, 0.29) is 5.92 Å². The van der Waals surface area contributed by atoms with Crippen molar-refractivity contribution in [1.29, 1.82) is 0 Å². The summed E-state index contributed by atoms with van der Waals surface area (Å²) in [6.07, 6.45) is 1.89. The van der Waals surface area contributed by atoms with Crippen molar-refractivity contribution in [3.63, 3.8) is 0 Å². The third-order valence-electron chi connectivity index (χ3n) is 9.93. The molecular formula is C46H30N4. The molecule has 0 aliphatic heterocycles. The van der Waals surface area contributed by atoms with Crippen molar-refractivity contribution in [2.75, 3.05) is 0 Å². The predicted molar refractivity (Wildman–Crippen MR) is 203 cm³/mol. The minimum Gasteiger partial charge on any atom is -0.309 e. The van der Waals surface area contributed by atoms with E-state index in [2.05, 4.69) is 144 Å². The second-order valence-electron chi connectivity index (χ2n) is 12.8. The molecule has 0 fully saturated rings. The van der Waals surface area contributed by atoms with Gasteiger partial charge in [-0.15, -0.1) is 0 Å². The van der Waals surface area contributed by atoms with Gasteiger partial charge in [0, 0.05) is 39.3 Å². The van der Waals surface area contributed by atoms with Gasteiger partial charge in [0.2, 0.25) is 0 Å². The molecule has 1 unspecified atom stereocenters. The molecule has 4 heteroatoms. The monoisotopic (exact) mass is 638 g/mol. The van der Waals surface area contributed by atoms with Gasteiger partial charge in [0.15, 0.2) is 5.82 Å². The molecule has 50 heavy (non-hydrogen) atoms. The van der Waals surface area contributed by atoms with E-state index in [4.69, 9.17) is 15.0 Å². The van der Waals surface area contributed by atoms with E-state index in [9.17, 15) is 0 Å². The average Bonchev–Trinajstić information content (AvgIpc) is 3.71. The third kappa shape index (κ3) is 4.57. The van der Waals surface area contributed by atoms with Crippen molar-refractivity contribution >= 4 is 21.8 Å². The Balaban J connectivity index is 1.17. The van der Waals surface area contributed by atoms with Gasteiger partial charge in [-0.25, -0.2) is 9.97 Å². The highest BCUT2D eigenvalue weighted by atomic mass is 15.0. The number of benzene rings is 6. The maximum atomic E-state index is 5.28. The number of aromatic nitrogens is 4.